The summed E-state index contributed by atoms with van der Waals surface area (Å²) in [5.74, 6) is 0.977. The molecule has 0 aliphatic carbocycles. The summed E-state index contributed by atoms with van der Waals surface area (Å²) < 4.78 is 6.12. The van der Waals surface area contributed by atoms with Crippen LogP contribution in [0.25, 0.3) is 0 Å². The van der Waals surface area contributed by atoms with Crippen LogP contribution in [-0.4, -0.2) is 83.5 Å². The average Bonchev–Trinajstić information content (AvgIpc) is 3.23. The molecule has 1 N–H and O–H groups in total. The summed E-state index contributed by atoms with van der Waals surface area (Å²) in [6.45, 7) is 4.27. The molecule has 0 aromatic carbocycles. The second-order valence-electron chi connectivity index (χ2n) is 7.08. The summed E-state index contributed by atoms with van der Waals surface area (Å²) in [4.78, 5) is 40.7. The molecule has 1 spiro atoms. The van der Waals surface area contributed by atoms with E-state index >= 15 is 0 Å². The van der Waals surface area contributed by atoms with Crippen molar-refractivity contribution in [3.8, 4) is 0 Å². The third-order valence-corrected chi connectivity index (χ3v) is 6.48. The van der Waals surface area contributed by atoms with E-state index in [0.29, 0.717) is 19.6 Å². The van der Waals surface area contributed by atoms with Gasteiger partial charge in [-0.25, -0.2) is 0 Å². The van der Waals surface area contributed by atoms with E-state index < -0.39 is 17.4 Å². The summed E-state index contributed by atoms with van der Waals surface area (Å²) in [5, 5.41) is 2.72. The molecule has 3 fully saturated rings. The van der Waals surface area contributed by atoms with E-state index in [9.17, 15) is 14.4 Å². The lowest BCUT2D eigenvalue weighted by molar-refractivity contribution is -0.143. The monoisotopic (exact) mass is 365 g/mol. The van der Waals surface area contributed by atoms with Crippen molar-refractivity contribution < 1.29 is 19.1 Å². The molecule has 4 atom stereocenters. The molecular weight excluding hydrogens is 342 g/mol. The van der Waals surface area contributed by atoms with Gasteiger partial charge in [-0.1, -0.05) is 12.2 Å². The molecule has 3 saturated heterocycles. The Kier molecular flexibility index (Phi) is 4.27. The third-order valence-electron chi connectivity index (χ3n) is 5.54. The lowest BCUT2D eigenvalue weighted by Gasteiger charge is -2.32. The third kappa shape index (κ3) is 2.75. The number of carbonyl (C=O) groups excluding carboxylic acids is 3. The van der Waals surface area contributed by atoms with E-state index in [-0.39, 0.29) is 23.8 Å². The molecule has 7 nitrogen and oxygen atoms in total. The minimum Gasteiger partial charge on any atom is -0.360 e. The van der Waals surface area contributed by atoms with Crippen molar-refractivity contribution in [2.24, 2.45) is 11.8 Å². The van der Waals surface area contributed by atoms with Crippen molar-refractivity contribution in [2.75, 3.05) is 44.2 Å². The predicted molar refractivity (Wildman–Crippen MR) is 92.9 cm³/mol. The van der Waals surface area contributed by atoms with Crippen molar-refractivity contribution in [1.82, 2.24) is 15.1 Å². The van der Waals surface area contributed by atoms with Gasteiger partial charge in [-0.3, -0.25) is 14.4 Å². The normalized spacial score (nSPS) is 36.0. The summed E-state index contributed by atoms with van der Waals surface area (Å²) in [6.07, 6.45) is 3.63. The number of fused-ring (bicyclic) bond motifs is 1. The van der Waals surface area contributed by atoms with Crippen molar-refractivity contribution in [3.63, 3.8) is 0 Å². The van der Waals surface area contributed by atoms with Crippen LogP contribution in [0.1, 0.15) is 6.92 Å². The Morgan fingerprint density at radius 3 is 2.88 bits per heavy atom. The highest BCUT2D eigenvalue weighted by Crippen LogP contribution is 2.52. The first-order valence-corrected chi connectivity index (χ1v) is 9.94. The largest absolute Gasteiger partial charge is 0.360 e. The van der Waals surface area contributed by atoms with Crippen LogP contribution in [0.3, 0.4) is 0 Å². The molecule has 4 aliphatic rings. The van der Waals surface area contributed by atoms with Crippen LogP contribution < -0.4 is 5.32 Å². The molecule has 2 unspecified atom stereocenters. The number of carbonyl (C=O) groups is 3. The second kappa shape index (κ2) is 6.32. The number of amides is 3. The zero-order chi connectivity index (χ0) is 17.6. The topological polar surface area (TPSA) is 79.0 Å². The molecule has 4 heterocycles. The molecule has 4 aliphatic heterocycles. The summed E-state index contributed by atoms with van der Waals surface area (Å²) in [6, 6.07) is 0. The van der Waals surface area contributed by atoms with E-state index in [2.05, 4.69) is 5.32 Å². The minimum atomic E-state index is -0.664. The molecule has 25 heavy (non-hydrogen) atoms. The van der Waals surface area contributed by atoms with E-state index in [1.807, 2.05) is 28.8 Å². The summed E-state index contributed by atoms with van der Waals surface area (Å²) in [7, 11) is 0. The average molecular weight is 365 g/mol. The van der Waals surface area contributed by atoms with Gasteiger partial charge in [-0.15, -0.1) is 0 Å². The molecule has 136 valence electrons. The number of hydrogen-bond acceptors (Lipinski definition) is 5. The Hall–Kier alpha value is -1.54. The van der Waals surface area contributed by atoms with Crippen molar-refractivity contribution in [3.05, 3.63) is 12.2 Å². The van der Waals surface area contributed by atoms with Gasteiger partial charge >= 0.3 is 0 Å². The fraction of sp³-hybridized carbons (Fsp3) is 0.706. The Morgan fingerprint density at radius 1 is 1.40 bits per heavy atom. The van der Waals surface area contributed by atoms with Gasteiger partial charge in [0.15, 0.2) is 0 Å². The predicted octanol–water partition coefficient (Wildman–Crippen LogP) is -0.520. The highest BCUT2D eigenvalue weighted by molar-refractivity contribution is 7.99. The van der Waals surface area contributed by atoms with Crippen LogP contribution in [0.15, 0.2) is 12.2 Å². The molecule has 8 heteroatoms. The first kappa shape index (κ1) is 16.9. The van der Waals surface area contributed by atoms with Gasteiger partial charge in [-0.05, 0) is 0 Å². The maximum atomic E-state index is 13.1. The fourth-order valence-electron chi connectivity index (χ4n) is 4.41. The lowest BCUT2D eigenvalue weighted by atomic mass is 9.76. The maximum Gasteiger partial charge on any atom is 0.230 e. The van der Waals surface area contributed by atoms with E-state index in [1.54, 1.807) is 4.90 Å². The van der Waals surface area contributed by atoms with Crippen LogP contribution in [0.5, 0.6) is 0 Å². The quantitative estimate of drug-likeness (QED) is 0.679. The number of likely N-dealkylation sites (tertiary alicyclic amines) is 1. The van der Waals surface area contributed by atoms with Gasteiger partial charge in [-0.2, -0.15) is 11.8 Å². The van der Waals surface area contributed by atoms with E-state index in [0.717, 1.165) is 24.6 Å². The van der Waals surface area contributed by atoms with Crippen molar-refractivity contribution >= 4 is 29.5 Å². The molecule has 4 rings (SSSR count). The Morgan fingerprint density at radius 2 is 2.16 bits per heavy atom. The number of nitrogens with one attached hydrogen (secondary N) is 1. The maximum absolute atomic E-state index is 13.1. The van der Waals surface area contributed by atoms with Crippen molar-refractivity contribution in [2.45, 2.75) is 18.6 Å². The Balaban J connectivity index is 1.50. The lowest BCUT2D eigenvalue weighted by Crippen LogP contribution is -2.48. The standard InChI is InChI=1S/C17H23N3O4S/c1-11(21)18-4-5-20-10-17-3-2-12(24-17)13(14(17)16(20)23)15(22)19-6-8-25-9-7-19/h2-3,12-14H,4-10H2,1H3,(H,18,21)/t12-,13?,14?,17-/m1/s1. The second-order valence-corrected chi connectivity index (χ2v) is 8.31. The van der Waals surface area contributed by atoms with E-state index in [1.165, 1.54) is 6.92 Å². The minimum absolute atomic E-state index is 0.0260. The first-order chi connectivity index (χ1) is 12.0. The molecule has 0 radical (unpaired) electrons. The van der Waals surface area contributed by atoms with E-state index in [4.69, 9.17) is 4.74 Å². The zero-order valence-electron chi connectivity index (χ0n) is 14.3. The smallest absolute Gasteiger partial charge is 0.230 e. The molecule has 0 aromatic heterocycles. The van der Waals surface area contributed by atoms with Crippen LogP contribution in [0.4, 0.5) is 0 Å². The van der Waals surface area contributed by atoms with Crippen LogP contribution in [0, 0.1) is 11.8 Å². The van der Waals surface area contributed by atoms with Gasteiger partial charge in [0.05, 0.1) is 24.5 Å². The molecule has 3 amide bonds. The van der Waals surface area contributed by atoms with Gasteiger partial charge in [0.25, 0.3) is 0 Å². The molecule has 0 aromatic rings. The number of hydrogen-bond donors (Lipinski definition) is 1. The van der Waals surface area contributed by atoms with Crippen molar-refractivity contribution in [1.29, 1.82) is 0 Å². The summed E-state index contributed by atoms with van der Waals surface area (Å²) >= 11 is 1.86. The van der Waals surface area contributed by atoms with Gasteiger partial charge in [0.2, 0.25) is 17.7 Å². The number of thioether (sulfide) groups is 1. The van der Waals surface area contributed by atoms with Crippen LogP contribution in [-0.2, 0) is 19.1 Å². The number of nitrogens with zero attached hydrogens (tertiary/aromatic N) is 2. The molecule has 2 bridgehead atoms. The fourth-order valence-corrected chi connectivity index (χ4v) is 5.31. The SMILES string of the molecule is CC(=O)NCCN1C[C@@]23C=C[C@@H](O2)C(C(=O)N2CCSCC2)C3C1=O. The van der Waals surface area contributed by atoms with Gasteiger partial charge < -0.3 is 19.9 Å². The molecule has 0 saturated carbocycles. The number of ether oxygens (including phenoxy) is 1. The van der Waals surface area contributed by atoms with Gasteiger partial charge in [0, 0.05) is 44.6 Å². The van der Waals surface area contributed by atoms with Crippen LogP contribution in [0.2, 0.25) is 0 Å². The highest BCUT2D eigenvalue weighted by Gasteiger charge is 2.67. The van der Waals surface area contributed by atoms with Gasteiger partial charge in [0.1, 0.15) is 5.60 Å². The molecular formula is C17H23N3O4S. The Bertz CT molecular complexity index is 633. The first-order valence-electron chi connectivity index (χ1n) is 8.79. The zero-order valence-corrected chi connectivity index (χ0v) is 15.1. The summed E-state index contributed by atoms with van der Waals surface area (Å²) in [5.41, 5.74) is -0.664. The van der Waals surface area contributed by atoms with Crippen LogP contribution >= 0.6 is 11.8 Å². The number of rotatable bonds is 4. The Labute approximate surface area is 151 Å². The highest BCUT2D eigenvalue weighted by atomic mass is 32.2.